The highest BCUT2D eigenvalue weighted by Gasteiger charge is 2.22. The highest BCUT2D eigenvalue weighted by atomic mass is 19.1. The van der Waals surface area contributed by atoms with Gasteiger partial charge in [0.25, 0.3) is 0 Å². The van der Waals surface area contributed by atoms with Crippen molar-refractivity contribution in [2.24, 2.45) is 5.92 Å². The zero-order valence-corrected chi connectivity index (χ0v) is 15.8. The van der Waals surface area contributed by atoms with Gasteiger partial charge in [-0.25, -0.2) is 27.6 Å². The van der Waals surface area contributed by atoms with Crippen LogP contribution in [0.1, 0.15) is 19.8 Å². The number of rotatable bonds is 4. The van der Waals surface area contributed by atoms with Crippen LogP contribution in [-0.4, -0.2) is 38.2 Å². The lowest BCUT2D eigenvalue weighted by Crippen LogP contribution is -2.35. The number of piperidine rings is 1. The number of carbonyl (C=O) groups excluding carboxylic acids is 1. The molecule has 3 aromatic rings. The first kappa shape index (κ1) is 19.0. The van der Waals surface area contributed by atoms with E-state index in [4.69, 9.17) is 0 Å². The van der Waals surface area contributed by atoms with Crippen molar-refractivity contribution in [3.63, 3.8) is 0 Å². The van der Waals surface area contributed by atoms with Crippen LogP contribution >= 0.6 is 0 Å². The van der Waals surface area contributed by atoms with Crippen molar-refractivity contribution >= 4 is 23.1 Å². The van der Waals surface area contributed by atoms with Crippen molar-refractivity contribution in [3.05, 3.63) is 52.7 Å². The van der Waals surface area contributed by atoms with Crippen LogP contribution in [0.2, 0.25) is 0 Å². The van der Waals surface area contributed by atoms with Gasteiger partial charge in [0.05, 0.1) is 5.69 Å². The van der Waals surface area contributed by atoms with E-state index in [-0.39, 0.29) is 5.69 Å². The van der Waals surface area contributed by atoms with Crippen LogP contribution < -0.4 is 15.9 Å². The normalized spacial score (nSPS) is 16.9. The van der Waals surface area contributed by atoms with Crippen LogP contribution in [0.3, 0.4) is 0 Å². The molecule has 1 amide bonds. The van der Waals surface area contributed by atoms with Crippen LogP contribution in [0.5, 0.6) is 0 Å². The lowest BCUT2D eigenvalue weighted by molar-refractivity contribution is -0.117. The molecule has 29 heavy (non-hydrogen) atoms. The highest BCUT2D eigenvalue weighted by molar-refractivity contribution is 5.90. The molecule has 0 aliphatic carbocycles. The van der Waals surface area contributed by atoms with E-state index in [0.29, 0.717) is 23.4 Å². The molecule has 1 saturated heterocycles. The van der Waals surface area contributed by atoms with E-state index in [2.05, 4.69) is 27.2 Å². The first-order chi connectivity index (χ1) is 13.9. The highest BCUT2D eigenvalue weighted by Crippen LogP contribution is 2.23. The SMILES string of the molecule is CC1CCCN(c2nccn3c(=O)n(CC(=O)Nc4ccc(F)cc4F)nc23)C1. The second kappa shape index (κ2) is 7.61. The molecule has 1 N–H and O–H groups in total. The van der Waals surface area contributed by atoms with Gasteiger partial charge in [0.1, 0.15) is 18.2 Å². The molecular formula is C19H20F2N6O2. The van der Waals surface area contributed by atoms with E-state index in [1.807, 2.05) is 0 Å². The van der Waals surface area contributed by atoms with Gasteiger partial charge in [-0.2, -0.15) is 0 Å². The van der Waals surface area contributed by atoms with Gasteiger partial charge in [-0.15, -0.1) is 5.10 Å². The molecule has 1 unspecified atom stereocenters. The zero-order chi connectivity index (χ0) is 20.5. The van der Waals surface area contributed by atoms with Crippen molar-refractivity contribution in [1.82, 2.24) is 19.2 Å². The third kappa shape index (κ3) is 3.82. The second-order valence-electron chi connectivity index (χ2n) is 7.25. The first-order valence-electron chi connectivity index (χ1n) is 9.36. The molecular weight excluding hydrogens is 382 g/mol. The summed E-state index contributed by atoms with van der Waals surface area (Å²) < 4.78 is 29.1. The molecule has 152 valence electrons. The van der Waals surface area contributed by atoms with E-state index < -0.39 is 29.8 Å². The van der Waals surface area contributed by atoms with Gasteiger partial charge >= 0.3 is 5.69 Å². The van der Waals surface area contributed by atoms with Crippen LogP contribution in [0, 0.1) is 17.6 Å². The standard InChI is InChI=1S/C19H20F2N6O2/c1-12-3-2-7-25(10-12)17-18-24-27(19(29)26(18)8-6-22-17)11-16(28)23-15-5-4-13(20)9-14(15)21/h4-6,8-9,12H,2-3,7,10-11H2,1H3,(H,23,28). The Labute approximate surface area is 164 Å². The summed E-state index contributed by atoms with van der Waals surface area (Å²) in [4.78, 5) is 31.4. The van der Waals surface area contributed by atoms with E-state index in [1.54, 1.807) is 0 Å². The molecule has 1 fully saturated rings. The van der Waals surface area contributed by atoms with Gasteiger partial charge in [-0.05, 0) is 30.9 Å². The molecule has 0 saturated carbocycles. The molecule has 0 radical (unpaired) electrons. The summed E-state index contributed by atoms with van der Waals surface area (Å²) in [5, 5.41) is 6.60. The third-order valence-electron chi connectivity index (χ3n) is 4.94. The predicted molar refractivity (Wildman–Crippen MR) is 103 cm³/mol. The first-order valence-corrected chi connectivity index (χ1v) is 9.36. The van der Waals surface area contributed by atoms with Gasteiger partial charge in [0, 0.05) is 31.5 Å². The summed E-state index contributed by atoms with van der Waals surface area (Å²) in [7, 11) is 0. The summed E-state index contributed by atoms with van der Waals surface area (Å²) in [6.45, 7) is 3.39. The van der Waals surface area contributed by atoms with E-state index in [9.17, 15) is 18.4 Å². The molecule has 2 aromatic heterocycles. The summed E-state index contributed by atoms with van der Waals surface area (Å²) in [6.07, 6.45) is 5.19. The zero-order valence-electron chi connectivity index (χ0n) is 15.8. The Morgan fingerprint density at radius 2 is 2.17 bits per heavy atom. The summed E-state index contributed by atoms with van der Waals surface area (Å²) >= 11 is 0. The molecule has 10 heteroatoms. The maximum Gasteiger partial charge on any atom is 0.350 e. The number of nitrogens with one attached hydrogen (secondary N) is 1. The van der Waals surface area contributed by atoms with Gasteiger partial charge in [0.2, 0.25) is 11.6 Å². The summed E-state index contributed by atoms with van der Waals surface area (Å²) in [5.74, 6) is -1.19. The second-order valence-corrected chi connectivity index (χ2v) is 7.25. The molecule has 0 spiro atoms. The lowest BCUT2D eigenvalue weighted by atomic mass is 10.0. The van der Waals surface area contributed by atoms with Crippen molar-refractivity contribution < 1.29 is 13.6 Å². The minimum Gasteiger partial charge on any atom is -0.353 e. The number of anilines is 2. The molecule has 3 heterocycles. The Morgan fingerprint density at radius 1 is 1.34 bits per heavy atom. The van der Waals surface area contributed by atoms with E-state index >= 15 is 0 Å². The number of halogens is 2. The fraction of sp³-hybridized carbons (Fsp3) is 0.368. The smallest absolute Gasteiger partial charge is 0.350 e. The fourth-order valence-corrected chi connectivity index (χ4v) is 3.56. The Morgan fingerprint density at radius 3 is 2.93 bits per heavy atom. The number of benzene rings is 1. The molecule has 1 aromatic carbocycles. The number of fused-ring (bicyclic) bond motifs is 1. The number of amides is 1. The quantitative estimate of drug-likeness (QED) is 0.722. The van der Waals surface area contributed by atoms with Gasteiger partial charge in [-0.1, -0.05) is 6.92 Å². The number of hydrogen-bond donors (Lipinski definition) is 1. The summed E-state index contributed by atoms with van der Waals surface area (Å²) in [5.41, 5.74) is -0.298. The number of carbonyl (C=O) groups is 1. The van der Waals surface area contributed by atoms with Crippen molar-refractivity contribution in [1.29, 1.82) is 0 Å². The number of nitrogens with zero attached hydrogens (tertiary/aromatic N) is 5. The number of hydrogen-bond acceptors (Lipinski definition) is 5. The van der Waals surface area contributed by atoms with Crippen LogP contribution in [0.15, 0.2) is 35.4 Å². The Kier molecular flexibility index (Phi) is 4.99. The van der Waals surface area contributed by atoms with Crippen molar-refractivity contribution in [3.8, 4) is 0 Å². The van der Waals surface area contributed by atoms with Crippen molar-refractivity contribution in [2.45, 2.75) is 26.3 Å². The Hall–Kier alpha value is -3.30. The van der Waals surface area contributed by atoms with Gasteiger partial charge < -0.3 is 10.2 Å². The minimum atomic E-state index is -0.897. The average Bonchev–Trinajstić information content (AvgIpc) is 3.00. The summed E-state index contributed by atoms with van der Waals surface area (Å²) in [6, 6.07) is 2.83. The van der Waals surface area contributed by atoms with Crippen LogP contribution in [0.4, 0.5) is 20.3 Å². The Bertz CT molecular complexity index is 1130. The number of aromatic nitrogens is 4. The monoisotopic (exact) mass is 402 g/mol. The lowest BCUT2D eigenvalue weighted by Gasteiger charge is -2.31. The molecule has 1 aliphatic rings. The van der Waals surface area contributed by atoms with Gasteiger partial charge in [-0.3, -0.25) is 4.79 Å². The maximum atomic E-state index is 13.7. The topological polar surface area (TPSA) is 84.5 Å². The third-order valence-corrected chi connectivity index (χ3v) is 4.94. The predicted octanol–water partition coefficient (Wildman–Crippen LogP) is 2.04. The van der Waals surface area contributed by atoms with Gasteiger partial charge in [0.15, 0.2) is 5.82 Å². The van der Waals surface area contributed by atoms with E-state index in [0.717, 1.165) is 42.7 Å². The largest absolute Gasteiger partial charge is 0.353 e. The Balaban J connectivity index is 1.59. The molecule has 1 atom stereocenters. The molecule has 1 aliphatic heterocycles. The minimum absolute atomic E-state index is 0.169. The van der Waals surface area contributed by atoms with Crippen molar-refractivity contribution in [2.75, 3.05) is 23.3 Å². The average molecular weight is 402 g/mol. The molecule has 8 nitrogen and oxygen atoms in total. The molecule has 4 rings (SSSR count). The maximum absolute atomic E-state index is 13.7. The van der Waals surface area contributed by atoms with E-state index in [1.165, 1.54) is 16.8 Å². The van der Waals surface area contributed by atoms with Crippen LogP contribution in [0.25, 0.3) is 5.65 Å². The fourth-order valence-electron chi connectivity index (χ4n) is 3.56. The molecule has 0 bridgehead atoms. The van der Waals surface area contributed by atoms with Crippen LogP contribution in [-0.2, 0) is 11.3 Å².